The Bertz CT molecular complexity index is 848. The minimum atomic E-state index is -4.53. The maximum atomic E-state index is 13.5. The standard InChI is InChI=1S/C21H22BrF3O3/c1-4-13-10-16(21(23,24)25)19(11-14(13)5-2)27-12-15-17(22)8-7-9-18(15)28-20(26)6-3/h7-11H,4-6,12H2,1-3H3. The van der Waals surface area contributed by atoms with Gasteiger partial charge in [-0.3, -0.25) is 4.79 Å². The summed E-state index contributed by atoms with van der Waals surface area (Å²) in [5.41, 5.74) is 1.13. The number of ether oxygens (including phenoxy) is 2. The molecule has 0 atom stereocenters. The predicted octanol–water partition coefficient (Wildman–Crippen LogP) is 6.49. The van der Waals surface area contributed by atoms with Gasteiger partial charge in [-0.25, -0.2) is 0 Å². The summed E-state index contributed by atoms with van der Waals surface area (Å²) in [5, 5.41) is 0. The first kappa shape index (κ1) is 22.3. The largest absolute Gasteiger partial charge is 0.488 e. The predicted molar refractivity (Wildman–Crippen MR) is 105 cm³/mol. The van der Waals surface area contributed by atoms with Gasteiger partial charge in [0.1, 0.15) is 18.1 Å². The zero-order chi connectivity index (χ0) is 20.9. The Labute approximate surface area is 171 Å². The first-order valence-electron chi connectivity index (χ1n) is 9.05. The van der Waals surface area contributed by atoms with Crippen molar-refractivity contribution in [2.75, 3.05) is 0 Å². The Morgan fingerprint density at radius 2 is 1.68 bits per heavy atom. The molecule has 0 aliphatic rings. The molecule has 0 radical (unpaired) electrons. The van der Waals surface area contributed by atoms with Crippen molar-refractivity contribution in [2.24, 2.45) is 0 Å². The number of benzene rings is 2. The first-order valence-corrected chi connectivity index (χ1v) is 9.84. The van der Waals surface area contributed by atoms with Crippen LogP contribution in [0.2, 0.25) is 0 Å². The van der Waals surface area contributed by atoms with Crippen molar-refractivity contribution in [1.29, 1.82) is 0 Å². The number of aryl methyl sites for hydroxylation is 2. The zero-order valence-corrected chi connectivity index (χ0v) is 17.5. The van der Waals surface area contributed by atoms with Crippen molar-refractivity contribution >= 4 is 21.9 Å². The van der Waals surface area contributed by atoms with E-state index in [-0.39, 0.29) is 24.5 Å². The summed E-state index contributed by atoms with van der Waals surface area (Å²) in [6.07, 6.45) is -3.24. The van der Waals surface area contributed by atoms with Crippen molar-refractivity contribution in [3.05, 3.63) is 57.1 Å². The fraction of sp³-hybridized carbons (Fsp3) is 0.381. The molecule has 0 aliphatic carbocycles. The second-order valence-electron chi connectivity index (χ2n) is 6.15. The van der Waals surface area contributed by atoms with Gasteiger partial charge in [-0.15, -0.1) is 0 Å². The molecule has 0 aromatic heterocycles. The van der Waals surface area contributed by atoms with Crippen LogP contribution in [0.1, 0.15) is 49.4 Å². The van der Waals surface area contributed by atoms with Crippen LogP contribution in [-0.4, -0.2) is 5.97 Å². The van der Waals surface area contributed by atoms with Crippen LogP contribution < -0.4 is 9.47 Å². The molecule has 0 heterocycles. The third kappa shape index (κ3) is 5.28. The molecular weight excluding hydrogens is 437 g/mol. The number of carbonyl (C=O) groups excluding carboxylic acids is 1. The molecule has 0 saturated carbocycles. The second kappa shape index (κ2) is 9.45. The average Bonchev–Trinajstić information content (AvgIpc) is 2.65. The molecule has 0 aliphatic heterocycles. The highest BCUT2D eigenvalue weighted by Gasteiger charge is 2.35. The average molecular weight is 459 g/mol. The smallest absolute Gasteiger partial charge is 0.419 e. The highest BCUT2D eigenvalue weighted by Crippen LogP contribution is 2.39. The number of hydrogen-bond acceptors (Lipinski definition) is 3. The normalized spacial score (nSPS) is 11.4. The summed E-state index contributed by atoms with van der Waals surface area (Å²) in [6, 6.07) is 7.59. The van der Waals surface area contributed by atoms with E-state index in [1.807, 2.05) is 13.8 Å². The second-order valence-corrected chi connectivity index (χ2v) is 7.01. The van der Waals surface area contributed by atoms with Gasteiger partial charge in [0.25, 0.3) is 0 Å². The van der Waals surface area contributed by atoms with Gasteiger partial charge in [0, 0.05) is 16.5 Å². The Morgan fingerprint density at radius 3 is 2.25 bits per heavy atom. The molecule has 0 amide bonds. The lowest BCUT2D eigenvalue weighted by atomic mass is 9.99. The van der Waals surface area contributed by atoms with Gasteiger partial charge in [0.05, 0.1) is 5.56 Å². The van der Waals surface area contributed by atoms with E-state index >= 15 is 0 Å². The summed E-state index contributed by atoms with van der Waals surface area (Å²) in [5.74, 6) is -0.406. The maximum Gasteiger partial charge on any atom is 0.419 e. The molecule has 2 aromatic rings. The van der Waals surface area contributed by atoms with E-state index < -0.39 is 17.7 Å². The molecule has 0 fully saturated rings. The summed E-state index contributed by atoms with van der Waals surface area (Å²) in [7, 11) is 0. The van der Waals surface area contributed by atoms with Gasteiger partial charge in [-0.2, -0.15) is 13.2 Å². The van der Waals surface area contributed by atoms with Crippen molar-refractivity contribution in [1.82, 2.24) is 0 Å². The molecule has 152 valence electrons. The van der Waals surface area contributed by atoms with Gasteiger partial charge in [0.15, 0.2) is 0 Å². The third-order valence-electron chi connectivity index (χ3n) is 4.33. The van der Waals surface area contributed by atoms with Gasteiger partial charge in [-0.05, 0) is 48.2 Å². The summed E-state index contributed by atoms with van der Waals surface area (Å²) < 4.78 is 52.1. The summed E-state index contributed by atoms with van der Waals surface area (Å²) >= 11 is 3.35. The summed E-state index contributed by atoms with van der Waals surface area (Å²) in [4.78, 5) is 11.6. The van der Waals surface area contributed by atoms with Crippen LogP contribution in [0.4, 0.5) is 13.2 Å². The maximum absolute atomic E-state index is 13.5. The minimum absolute atomic E-state index is 0.175. The molecule has 0 N–H and O–H groups in total. The van der Waals surface area contributed by atoms with Crippen LogP contribution in [0.5, 0.6) is 11.5 Å². The Morgan fingerprint density at radius 1 is 1.04 bits per heavy atom. The lowest BCUT2D eigenvalue weighted by Crippen LogP contribution is -2.12. The monoisotopic (exact) mass is 458 g/mol. The van der Waals surface area contributed by atoms with E-state index in [0.29, 0.717) is 28.4 Å². The van der Waals surface area contributed by atoms with Crippen molar-refractivity contribution in [3.8, 4) is 11.5 Å². The van der Waals surface area contributed by atoms with Gasteiger partial charge in [0.2, 0.25) is 0 Å². The molecule has 7 heteroatoms. The van der Waals surface area contributed by atoms with Crippen molar-refractivity contribution in [3.63, 3.8) is 0 Å². The Kier molecular flexibility index (Phi) is 7.52. The number of carbonyl (C=O) groups is 1. The molecule has 0 unspecified atom stereocenters. The summed E-state index contributed by atoms with van der Waals surface area (Å²) in [6.45, 7) is 5.20. The van der Waals surface area contributed by atoms with E-state index in [1.165, 1.54) is 6.07 Å². The van der Waals surface area contributed by atoms with E-state index in [2.05, 4.69) is 15.9 Å². The molecule has 0 saturated heterocycles. The van der Waals surface area contributed by atoms with Crippen LogP contribution in [0.3, 0.4) is 0 Å². The van der Waals surface area contributed by atoms with Gasteiger partial charge in [-0.1, -0.05) is 42.8 Å². The Balaban J connectivity index is 2.40. The highest BCUT2D eigenvalue weighted by atomic mass is 79.9. The molecule has 0 bridgehead atoms. The van der Waals surface area contributed by atoms with Crippen molar-refractivity contribution in [2.45, 2.75) is 52.8 Å². The number of hydrogen-bond donors (Lipinski definition) is 0. The van der Waals surface area contributed by atoms with Crippen LogP contribution in [0, 0.1) is 0 Å². The SMILES string of the molecule is CCC(=O)Oc1cccc(Br)c1COc1cc(CC)c(CC)cc1C(F)(F)F. The zero-order valence-electron chi connectivity index (χ0n) is 16.0. The first-order chi connectivity index (χ1) is 13.2. The van der Waals surface area contributed by atoms with Gasteiger partial charge < -0.3 is 9.47 Å². The van der Waals surface area contributed by atoms with E-state index in [4.69, 9.17) is 9.47 Å². The highest BCUT2D eigenvalue weighted by molar-refractivity contribution is 9.10. The number of halogens is 4. The van der Waals surface area contributed by atoms with E-state index in [9.17, 15) is 18.0 Å². The van der Waals surface area contributed by atoms with Crippen molar-refractivity contribution < 1.29 is 27.4 Å². The Hall–Kier alpha value is -2.02. The fourth-order valence-electron chi connectivity index (χ4n) is 2.79. The van der Waals surface area contributed by atoms with Crippen LogP contribution in [-0.2, 0) is 30.4 Å². The minimum Gasteiger partial charge on any atom is -0.488 e. The lowest BCUT2D eigenvalue weighted by molar-refractivity contribution is -0.139. The molecule has 2 rings (SSSR count). The van der Waals surface area contributed by atoms with Crippen LogP contribution in [0.25, 0.3) is 0 Å². The number of rotatable bonds is 7. The van der Waals surface area contributed by atoms with Crippen LogP contribution in [0.15, 0.2) is 34.8 Å². The topological polar surface area (TPSA) is 35.5 Å². The third-order valence-corrected chi connectivity index (χ3v) is 5.07. The molecule has 0 spiro atoms. The quantitative estimate of drug-likeness (QED) is 0.351. The van der Waals surface area contributed by atoms with Crippen LogP contribution >= 0.6 is 15.9 Å². The number of esters is 1. The van der Waals surface area contributed by atoms with E-state index in [1.54, 1.807) is 25.1 Å². The van der Waals surface area contributed by atoms with E-state index in [0.717, 1.165) is 11.6 Å². The van der Waals surface area contributed by atoms with Gasteiger partial charge >= 0.3 is 12.1 Å². The lowest BCUT2D eigenvalue weighted by Gasteiger charge is -2.19. The fourth-order valence-corrected chi connectivity index (χ4v) is 3.25. The molecule has 28 heavy (non-hydrogen) atoms. The molecule has 2 aromatic carbocycles. The molecule has 3 nitrogen and oxygen atoms in total. The molecular formula is C21H22BrF3O3. The number of alkyl halides is 3.